The van der Waals surface area contributed by atoms with Crippen molar-refractivity contribution in [2.45, 2.75) is 46.6 Å². The van der Waals surface area contributed by atoms with E-state index in [2.05, 4.69) is 6.92 Å². The van der Waals surface area contributed by atoms with Crippen LogP contribution in [0.25, 0.3) is 0 Å². The highest BCUT2D eigenvalue weighted by molar-refractivity contribution is 5.95. The number of hydrogen-bond donors (Lipinski definition) is 2. The summed E-state index contributed by atoms with van der Waals surface area (Å²) in [5, 5.41) is 19.9. The van der Waals surface area contributed by atoms with E-state index in [0.29, 0.717) is 6.42 Å². The Morgan fingerprint density at radius 3 is 2.56 bits per heavy atom. The second-order valence-electron chi connectivity index (χ2n) is 6.84. The monoisotopic (exact) mass is 252 g/mol. The lowest BCUT2D eigenvalue weighted by atomic mass is 9.47. The molecule has 1 saturated carbocycles. The number of aliphatic hydroxyl groups excluding tert-OH is 2. The Balaban J connectivity index is 2.53. The summed E-state index contributed by atoms with van der Waals surface area (Å²) < 4.78 is 0. The second-order valence-corrected chi connectivity index (χ2v) is 6.84. The maximum absolute atomic E-state index is 12.4. The zero-order valence-corrected chi connectivity index (χ0v) is 11.7. The molecule has 2 N–H and O–H groups in total. The Kier molecular flexibility index (Phi) is 3.19. The average molecular weight is 252 g/mol. The fourth-order valence-electron chi connectivity index (χ4n) is 4.35. The lowest BCUT2D eigenvalue weighted by Crippen LogP contribution is -2.57. The standard InChI is InChI=1S/C15H24O3/c1-9-7-11(17)13-14(2,3)12(18)5-6-15(13,4)10(9)8-16/h7,10,12-13,16,18H,5-6,8H2,1-4H3/t10-,12-,13-,15+/m0/s1. The van der Waals surface area contributed by atoms with Gasteiger partial charge in [-0.3, -0.25) is 4.79 Å². The maximum Gasteiger partial charge on any atom is 0.159 e. The Bertz CT molecular complexity index is 397. The molecule has 0 spiro atoms. The first kappa shape index (κ1) is 13.8. The summed E-state index contributed by atoms with van der Waals surface area (Å²) in [6, 6.07) is 0. The molecule has 4 atom stereocenters. The largest absolute Gasteiger partial charge is 0.396 e. The number of hydrogen-bond acceptors (Lipinski definition) is 3. The minimum atomic E-state index is -0.439. The number of allylic oxidation sites excluding steroid dienone is 1. The molecular formula is C15H24O3. The molecule has 0 aliphatic heterocycles. The Morgan fingerprint density at radius 2 is 2.00 bits per heavy atom. The van der Waals surface area contributed by atoms with E-state index in [1.807, 2.05) is 20.8 Å². The van der Waals surface area contributed by atoms with E-state index in [1.54, 1.807) is 6.08 Å². The summed E-state index contributed by atoms with van der Waals surface area (Å²) in [7, 11) is 0. The van der Waals surface area contributed by atoms with Crippen molar-refractivity contribution in [2.24, 2.45) is 22.7 Å². The molecule has 2 rings (SSSR count). The van der Waals surface area contributed by atoms with E-state index in [-0.39, 0.29) is 29.6 Å². The van der Waals surface area contributed by atoms with Gasteiger partial charge in [-0.05, 0) is 31.3 Å². The normalized spacial score (nSPS) is 43.3. The molecule has 102 valence electrons. The summed E-state index contributed by atoms with van der Waals surface area (Å²) in [5.41, 5.74) is 0.329. The van der Waals surface area contributed by atoms with Gasteiger partial charge in [0.2, 0.25) is 0 Å². The van der Waals surface area contributed by atoms with Crippen molar-refractivity contribution < 1.29 is 15.0 Å². The molecule has 2 aliphatic rings. The van der Waals surface area contributed by atoms with Gasteiger partial charge in [0.1, 0.15) is 0 Å². The van der Waals surface area contributed by atoms with Crippen LogP contribution in [0, 0.1) is 22.7 Å². The predicted octanol–water partition coefficient (Wildman–Crippen LogP) is 1.93. The molecule has 1 fully saturated rings. The van der Waals surface area contributed by atoms with Gasteiger partial charge in [-0.1, -0.05) is 26.3 Å². The molecule has 0 aromatic rings. The van der Waals surface area contributed by atoms with Crippen LogP contribution in [0.3, 0.4) is 0 Å². The van der Waals surface area contributed by atoms with Gasteiger partial charge in [0.25, 0.3) is 0 Å². The van der Waals surface area contributed by atoms with Crippen LogP contribution in [0.5, 0.6) is 0 Å². The average Bonchev–Trinajstić information content (AvgIpc) is 2.23. The Labute approximate surface area is 109 Å². The summed E-state index contributed by atoms with van der Waals surface area (Å²) in [4.78, 5) is 12.4. The number of fused-ring (bicyclic) bond motifs is 1. The number of rotatable bonds is 1. The third kappa shape index (κ3) is 1.68. The first-order valence-electron chi connectivity index (χ1n) is 6.76. The van der Waals surface area contributed by atoms with Crippen LogP contribution in [-0.4, -0.2) is 28.7 Å². The highest BCUT2D eigenvalue weighted by Gasteiger charge is 2.58. The highest BCUT2D eigenvalue weighted by Crippen LogP contribution is 2.58. The van der Waals surface area contributed by atoms with E-state index in [4.69, 9.17) is 0 Å². The van der Waals surface area contributed by atoms with Crippen molar-refractivity contribution >= 4 is 5.78 Å². The maximum atomic E-state index is 12.4. The minimum absolute atomic E-state index is 0.0342. The third-order valence-corrected chi connectivity index (χ3v) is 5.40. The third-order valence-electron chi connectivity index (χ3n) is 5.40. The van der Waals surface area contributed by atoms with Gasteiger partial charge in [0, 0.05) is 17.3 Å². The summed E-state index contributed by atoms with van der Waals surface area (Å²) in [6.45, 7) is 8.05. The van der Waals surface area contributed by atoms with Crippen molar-refractivity contribution in [2.75, 3.05) is 6.61 Å². The molecule has 0 aromatic carbocycles. The number of carbonyl (C=O) groups excluding carboxylic acids is 1. The summed E-state index contributed by atoms with van der Waals surface area (Å²) in [6.07, 6.45) is 2.74. The molecule has 18 heavy (non-hydrogen) atoms. The van der Waals surface area contributed by atoms with Gasteiger partial charge in [-0.25, -0.2) is 0 Å². The fourth-order valence-corrected chi connectivity index (χ4v) is 4.35. The topological polar surface area (TPSA) is 57.5 Å². The van der Waals surface area contributed by atoms with Gasteiger partial charge in [0.15, 0.2) is 5.78 Å². The number of ketones is 1. The fraction of sp³-hybridized carbons (Fsp3) is 0.800. The molecule has 0 aromatic heterocycles. The van der Waals surface area contributed by atoms with Crippen molar-refractivity contribution in [3.05, 3.63) is 11.6 Å². The SMILES string of the molecule is CC1=CC(=O)[C@H]2C(C)(C)[C@@H](O)CC[C@]2(C)[C@H]1CO. The lowest BCUT2D eigenvalue weighted by Gasteiger charge is -2.56. The first-order chi connectivity index (χ1) is 8.25. The van der Waals surface area contributed by atoms with Gasteiger partial charge in [-0.2, -0.15) is 0 Å². The molecule has 0 unspecified atom stereocenters. The van der Waals surface area contributed by atoms with E-state index in [9.17, 15) is 15.0 Å². The van der Waals surface area contributed by atoms with Crippen molar-refractivity contribution in [1.29, 1.82) is 0 Å². The Morgan fingerprint density at radius 1 is 1.39 bits per heavy atom. The molecule has 0 heterocycles. The molecule has 0 bridgehead atoms. The number of aliphatic hydroxyl groups is 2. The zero-order valence-electron chi connectivity index (χ0n) is 11.7. The molecule has 0 radical (unpaired) electrons. The molecule has 3 nitrogen and oxygen atoms in total. The van der Waals surface area contributed by atoms with Crippen LogP contribution in [0.1, 0.15) is 40.5 Å². The predicted molar refractivity (Wildman–Crippen MR) is 70.0 cm³/mol. The molecular weight excluding hydrogens is 228 g/mol. The number of carbonyl (C=O) groups is 1. The van der Waals surface area contributed by atoms with Crippen LogP contribution in [-0.2, 0) is 4.79 Å². The van der Waals surface area contributed by atoms with Crippen molar-refractivity contribution in [1.82, 2.24) is 0 Å². The molecule has 0 saturated heterocycles. The zero-order chi connectivity index (χ0) is 13.7. The van der Waals surface area contributed by atoms with E-state index < -0.39 is 11.5 Å². The van der Waals surface area contributed by atoms with Gasteiger partial charge in [-0.15, -0.1) is 0 Å². The van der Waals surface area contributed by atoms with Gasteiger partial charge >= 0.3 is 0 Å². The molecule has 2 aliphatic carbocycles. The van der Waals surface area contributed by atoms with Crippen LogP contribution in [0.4, 0.5) is 0 Å². The van der Waals surface area contributed by atoms with Crippen LogP contribution in [0.2, 0.25) is 0 Å². The van der Waals surface area contributed by atoms with E-state index in [1.165, 1.54) is 0 Å². The molecule has 0 amide bonds. The second kappa shape index (κ2) is 4.17. The van der Waals surface area contributed by atoms with Crippen LogP contribution in [0.15, 0.2) is 11.6 Å². The van der Waals surface area contributed by atoms with Gasteiger partial charge < -0.3 is 10.2 Å². The quantitative estimate of drug-likeness (QED) is 0.749. The highest BCUT2D eigenvalue weighted by atomic mass is 16.3. The van der Waals surface area contributed by atoms with Crippen molar-refractivity contribution in [3.63, 3.8) is 0 Å². The van der Waals surface area contributed by atoms with E-state index in [0.717, 1.165) is 12.0 Å². The van der Waals surface area contributed by atoms with Crippen LogP contribution < -0.4 is 0 Å². The van der Waals surface area contributed by atoms with Gasteiger partial charge in [0.05, 0.1) is 12.7 Å². The molecule has 3 heteroatoms. The summed E-state index contributed by atoms with van der Waals surface area (Å²) in [5.74, 6) is -0.0509. The van der Waals surface area contributed by atoms with E-state index >= 15 is 0 Å². The van der Waals surface area contributed by atoms with Crippen LogP contribution >= 0.6 is 0 Å². The lowest BCUT2D eigenvalue weighted by molar-refractivity contribution is -0.153. The first-order valence-corrected chi connectivity index (χ1v) is 6.76. The smallest absolute Gasteiger partial charge is 0.159 e. The van der Waals surface area contributed by atoms with Crippen molar-refractivity contribution in [3.8, 4) is 0 Å². The minimum Gasteiger partial charge on any atom is -0.396 e. The summed E-state index contributed by atoms with van der Waals surface area (Å²) >= 11 is 0. The Hall–Kier alpha value is -0.670.